The van der Waals surface area contributed by atoms with Gasteiger partial charge in [0.25, 0.3) is 5.79 Å². The molecule has 10 N–H and O–H groups in total. The Morgan fingerprint density at radius 1 is 1.12 bits per heavy atom. The number of rotatable bonds is 8. The average Bonchev–Trinajstić information content (AvgIpc) is 2.73. The fourth-order valence-electron chi connectivity index (χ4n) is 3.56. The molecule has 0 aromatic heterocycles. The van der Waals surface area contributed by atoms with E-state index in [9.17, 15) is 50.4 Å². The Morgan fingerprint density at radius 2 is 1.75 bits per heavy atom. The van der Waals surface area contributed by atoms with Crippen LogP contribution in [0.1, 0.15) is 13.3 Å². The maximum Gasteiger partial charge on any atom is 0.364 e. The first kappa shape index (κ1) is 26.7. The van der Waals surface area contributed by atoms with Crippen molar-refractivity contribution in [3.8, 4) is 0 Å². The Balaban J connectivity index is 2.27. The van der Waals surface area contributed by atoms with Crippen LogP contribution in [0.25, 0.3) is 0 Å². The summed E-state index contributed by atoms with van der Waals surface area (Å²) in [5.74, 6) is -5.15. The molecule has 2 rings (SSSR count). The van der Waals surface area contributed by atoms with Crippen LogP contribution in [0, 0.1) is 0 Å². The van der Waals surface area contributed by atoms with Gasteiger partial charge < -0.3 is 65.5 Å². The third-order valence-electron chi connectivity index (χ3n) is 5.35. The van der Waals surface area contributed by atoms with Crippen molar-refractivity contribution in [2.24, 2.45) is 0 Å². The molecule has 0 aliphatic carbocycles. The molecule has 0 aromatic rings. The quantitative estimate of drug-likeness (QED) is 0.158. The number of aliphatic carboxylic acids is 1. The van der Waals surface area contributed by atoms with E-state index in [2.05, 4.69) is 5.32 Å². The molecule has 2 fully saturated rings. The van der Waals surface area contributed by atoms with E-state index in [4.69, 9.17) is 19.3 Å². The Bertz CT molecular complexity index is 665. The number of hydrogen-bond acceptors (Lipinski definition) is 13. The largest absolute Gasteiger partial charge is 0.477 e. The molecule has 0 radical (unpaired) electrons. The maximum absolute atomic E-state index is 12.0. The van der Waals surface area contributed by atoms with Gasteiger partial charge in [-0.1, -0.05) is 0 Å². The van der Waals surface area contributed by atoms with E-state index in [1.807, 2.05) is 0 Å². The Morgan fingerprint density at radius 3 is 2.28 bits per heavy atom. The SMILES string of the molecule is CC(=O)N[C@H]1[C@H]([C@H](O)[C@H](O)CO)O[C@](OC[C@H]2O[C@@H](O)[C@H](O)[C@@H](O)[C@@H]2O)(C(=O)O)C[C@@H]1O. The summed E-state index contributed by atoms with van der Waals surface area (Å²) < 4.78 is 15.5. The van der Waals surface area contributed by atoms with Gasteiger partial charge in [0, 0.05) is 13.3 Å². The van der Waals surface area contributed by atoms with Gasteiger partial charge in [-0.05, 0) is 0 Å². The molecule has 2 aliphatic heterocycles. The first-order chi connectivity index (χ1) is 14.8. The predicted molar refractivity (Wildman–Crippen MR) is 97.4 cm³/mol. The monoisotopic (exact) mass is 471 g/mol. The van der Waals surface area contributed by atoms with Crippen molar-refractivity contribution >= 4 is 11.9 Å². The molecule has 186 valence electrons. The minimum Gasteiger partial charge on any atom is -0.477 e. The maximum atomic E-state index is 12.0. The van der Waals surface area contributed by atoms with Crippen LogP contribution < -0.4 is 5.32 Å². The lowest BCUT2D eigenvalue weighted by molar-refractivity contribution is -0.334. The minimum absolute atomic E-state index is 0.669. The van der Waals surface area contributed by atoms with E-state index in [1.54, 1.807) is 0 Å². The molecule has 2 aliphatic rings. The van der Waals surface area contributed by atoms with Gasteiger partial charge in [-0.2, -0.15) is 0 Å². The first-order valence-corrected chi connectivity index (χ1v) is 9.69. The normalized spacial score (nSPS) is 42.2. The second-order valence-electron chi connectivity index (χ2n) is 7.73. The Hall–Kier alpha value is -1.50. The van der Waals surface area contributed by atoms with Crippen LogP contribution in [-0.2, 0) is 23.8 Å². The average molecular weight is 471 g/mol. The molecule has 11 atom stereocenters. The summed E-state index contributed by atoms with van der Waals surface area (Å²) in [5.41, 5.74) is 0. The molecule has 15 nitrogen and oxygen atoms in total. The first-order valence-electron chi connectivity index (χ1n) is 9.69. The molecule has 2 saturated heterocycles. The van der Waals surface area contributed by atoms with E-state index in [-0.39, 0.29) is 0 Å². The topological polar surface area (TPSA) is 256 Å². The zero-order valence-corrected chi connectivity index (χ0v) is 17.0. The molecule has 2 heterocycles. The van der Waals surface area contributed by atoms with Crippen LogP contribution >= 0.6 is 0 Å². The number of ether oxygens (including phenoxy) is 3. The zero-order chi connectivity index (χ0) is 24.4. The summed E-state index contributed by atoms with van der Waals surface area (Å²) in [4.78, 5) is 23.5. The highest BCUT2D eigenvalue weighted by Crippen LogP contribution is 2.34. The van der Waals surface area contributed by atoms with Crippen molar-refractivity contribution in [3.05, 3.63) is 0 Å². The predicted octanol–water partition coefficient (Wildman–Crippen LogP) is -6.05. The highest BCUT2D eigenvalue weighted by Gasteiger charge is 2.56. The lowest BCUT2D eigenvalue weighted by atomic mass is 9.88. The van der Waals surface area contributed by atoms with Crippen molar-refractivity contribution in [3.63, 3.8) is 0 Å². The van der Waals surface area contributed by atoms with Crippen molar-refractivity contribution in [1.82, 2.24) is 5.32 Å². The van der Waals surface area contributed by atoms with Gasteiger partial charge in [-0.25, -0.2) is 4.79 Å². The molecule has 0 saturated carbocycles. The highest BCUT2D eigenvalue weighted by molar-refractivity contribution is 5.76. The van der Waals surface area contributed by atoms with Gasteiger partial charge in [0.15, 0.2) is 6.29 Å². The third-order valence-corrected chi connectivity index (χ3v) is 5.35. The van der Waals surface area contributed by atoms with Crippen LogP contribution in [0.4, 0.5) is 0 Å². The van der Waals surface area contributed by atoms with E-state index in [0.717, 1.165) is 6.92 Å². The van der Waals surface area contributed by atoms with Crippen molar-refractivity contribution < 1.29 is 69.8 Å². The molecular weight excluding hydrogens is 442 g/mol. The van der Waals surface area contributed by atoms with Crippen molar-refractivity contribution in [1.29, 1.82) is 0 Å². The summed E-state index contributed by atoms with van der Waals surface area (Å²) in [5, 5.41) is 90.6. The van der Waals surface area contributed by atoms with E-state index in [1.165, 1.54) is 0 Å². The van der Waals surface area contributed by atoms with Gasteiger partial charge in [0.2, 0.25) is 5.91 Å². The molecule has 15 heteroatoms. The van der Waals surface area contributed by atoms with Crippen LogP contribution in [0.15, 0.2) is 0 Å². The lowest BCUT2D eigenvalue weighted by Crippen LogP contribution is -2.68. The molecule has 0 unspecified atom stereocenters. The van der Waals surface area contributed by atoms with Gasteiger partial charge in [0.05, 0.1) is 25.4 Å². The number of carboxylic acids is 1. The fourth-order valence-corrected chi connectivity index (χ4v) is 3.56. The lowest BCUT2D eigenvalue weighted by Gasteiger charge is -2.47. The Kier molecular flexibility index (Phi) is 8.88. The molecule has 0 bridgehead atoms. The number of carboxylic acid groups (broad SMARTS) is 1. The van der Waals surface area contributed by atoms with Gasteiger partial charge in [0.1, 0.15) is 42.7 Å². The van der Waals surface area contributed by atoms with Crippen LogP contribution in [0.2, 0.25) is 0 Å². The minimum atomic E-state index is -2.69. The summed E-state index contributed by atoms with van der Waals surface area (Å²) in [6.07, 6.45) is -16.9. The summed E-state index contributed by atoms with van der Waals surface area (Å²) in [7, 11) is 0. The number of carbonyl (C=O) groups is 2. The number of aliphatic hydroxyl groups is 8. The summed E-state index contributed by atoms with van der Waals surface area (Å²) in [6.45, 7) is -0.691. The number of amides is 1. The molecular formula is C17H29NO14. The van der Waals surface area contributed by atoms with Crippen molar-refractivity contribution in [2.45, 2.75) is 80.3 Å². The van der Waals surface area contributed by atoms with Gasteiger partial charge >= 0.3 is 5.97 Å². The second kappa shape index (κ2) is 10.6. The summed E-state index contributed by atoms with van der Waals surface area (Å²) >= 11 is 0. The number of aliphatic hydroxyl groups excluding tert-OH is 8. The smallest absolute Gasteiger partial charge is 0.364 e. The van der Waals surface area contributed by atoms with Crippen LogP contribution in [0.5, 0.6) is 0 Å². The number of nitrogens with one attached hydrogen (secondary N) is 1. The molecule has 0 spiro atoms. The zero-order valence-electron chi connectivity index (χ0n) is 17.0. The van der Waals surface area contributed by atoms with Crippen molar-refractivity contribution in [2.75, 3.05) is 13.2 Å². The molecule has 0 aromatic carbocycles. The highest BCUT2D eigenvalue weighted by atomic mass is 16.7. The Labute approximate surface area is 181 Å². The van der Waals surface area contributed by atoms with Gasteiger partial charge in [-0.3, -0.25) is 4.79 Å². The van der Waals surface area contributed by atoms with E-state index in [0.29, 0.717) is 0 Å². The second-order valence-corrected chi connectivity index (χ2v) is 7.73. The number of hydrogen-bond donors (Lipinski definition) is 10. The fraction of sp³-hybridized carbons (Fsp3) is 0.882. The van der Waals surface area contributed by atoms with Crippen LogP contribution in [0.3, 0.4) is 0 Å². The standard InChI is InChI=1S/C17H29NO14/c1-5(20)18-9-6(21)2-17(16(28)29,32-14(9)10(23)7(22)3-19)30-4-8-11(24)12(25)13(26)15(27)31-8/h6-15,19,21-27H,2-4H2,1H3,(H,18,20)(H,28,29)/t6-,7+,8+,9+,10+,11+,12-,13+,14+,15+,17-/m0/s1. The summed E-state index contributed by atoms with van der Waals surface area (Å²) in [6, 6.07) is -1.39. The van der Waals surface area contributed by atoms with E-state index >= 15 is 0 Å². The van der Waals surface area contributed by atoms with Crippen LogP contribution in [-0.4, -0.2) is 138 Å². The number of carbonyl (C=O) groups excluding carboxylic acids is 1. The molecule has 32 heavy (non-hydrogen) atoms. The molecule has 1 amide bonds. The van der Waals surface area contributed by atoms with E-state index < -0.39 is 98.5 Å². The third kappa shape index (κ3) is 5.52. The van der Waals surface area contributed by atoms with Gasteiger partial charge in [-0.15, -0.1) is 0 Å².